The van der Waals surface area contributed by atoms with Gasteiger partial charge in [0.15, 0.2) is 11.7 Å². The number of aryl methyl sites for hydroxylation is 2. The summed E-state index contributed by atoms with van der Waals surface area (Å²) in [6, 6.07) is 8.10. The molecule has 0 aliphatic carbocycles. The van der Waals surface area contributed by atoms with Crippen molar-refractivity contribution in [2.24, 2.45) is 4.99 Å². The number of allylic oxidation sites excluding steroid dienone is 2. The lowest BCUT2D eigenvalue weighted by Crippen LogP contribution is -2.24. The third-order valence-electron chi connectivity index (χ3n) is 4.46. The van der Waals surface area contributed by atoms with Gasteiger partial charge in [-0.3, -0.25) is 0 Å². The number of nitrogens with zero attached hydrogens (tertiary/aromatic N) is 7. The smallest absolute Gasteiger partial charge is 0.251 e. The third-order valence-corrected chi connectivity index (χ3v) is 4.46. The summed E-state index contributed by atoms with van der Waals surface area (Å²) in [5, 5.41) is 13.7. The van der Waals surface area contributed by atoms with Crippen molar-refractivity contribution in [3.05, 3.63) is 52.5 Å². The standard InChI is InChI=1S/C18H15N7/c1-11-21-17-14(10-19)16(20-2)18(25(17)23-11)22-13-6-7-15-12(9-13)5-4-8-24(15)3/h6-7,9H,4-5,8H2,1,3H3. The zero-order valence-corrected chi connectivity index (χ0v) is 14.0. The van der Waals surface area contributed by atoms with E-state index >= 15 is 0 Å². The molecule has 0 unspecified atom stereocenters. The van der Waals surface area contributed by atoms with Gasteiger partial charge >= 0.3 is 0 Å². The topological polar surface area (TPSA) is 74.5 Å². The third kappa shape index (κ3) is 2.29. The molecule has 0 atom stereocenters. The molecular weight excluding hydrogens is 314 g/mol. The van der Waals surface area contributed by atoms with Crippen molar-refractivity contribution >= 4 is 22.8 Å². The Morgan fingerprint density at radius 3 is 3.00 bits per heavy atom. The predicted octanol–water partition coefficient (Wildman–Crippen LogP) is 2.71. The molecule has 0 saturated heterocycles. The van der Waals surface area contributed by atoms with E-state index in [-0.39, 0.29) is 11.3 Å². The van der Waals surface area contributed by atoms with E-state index < -0.39 is 0 Å². The summed E-state index contributed by atoms with van der Waals surface area (Å²) in [4.78, 5) is 14.6. The summed E-state index contributed by atoms with van der Waals surface area (Å²) in [6.45, 7) is 10.2. The Morgan fingerprint density at radius 1 is 1.40 bits per heavy atom. The lowest BCUT2D eigenvalue weighted by atomic mass is 10.0. The number of hydrogen-bond acceptors (Lipinski definition) is 5. The van der Waals surface area contributed by atoms with Gasteiger partial charge in [-0.05, 0) is 43.5 Å². The molecule has 2 aliphatic rings. The van der Waals surface area contributed by atoms with Crippen LogP contribution in [0.2, 0.25) is 0 Å². The van der Waals surface area contributed by atoms with E-state index in [0.717, 1.165) is 25.1 Å². The second-order valence-electron chi connectivity index (χ2n) is 6.12. The van der Waals surface area contributed by atoms with Crippen LogP contribution in [-0.2, 0) is 6.42 Å². The largest absolute Gasteiger partial charge is 0.374 e. The van der Waals surface area contributed by atoms with Gasteiger partial charge in [0.25, 0.3) is 5.70 Å². The average molecular weight is 329 g/mol. The summed E-state index contributed by atoms with van der Waals surface area (Å²) >= 11 is 0. The molecule has 25 heavy (non-hydrogen) atoms. The fraction of sp³-hybridized carbons (Fsp3) is 0.278. The molecule has 1 aromatic carbocycles. The number of aliphatic imine (C=N–C) groups is 1. The van der Waals surface area contributed by atoms with Crippen molar-refractivity contribution in [2.45, 2.75) is 19.8 Å². The first-order chi connectivity index (χ1) is 12.1. The Bertz CT molecular complexity index is 1030. The van der Waals surface area contributed by atoms with Crippen molar-refractivity contribution in [2.75, 3.05) is 18.5 Å². The van der Waals surface area contributed by atoms with E-state index in [0.29, 0.717) is 17.5 Å². The van der Waals surface area contributed by atoms with Gasteiger partial charge in [0, 0.05) is 19.3 Å². The highest BCUT2D eigenvalue weighted by Crippen LogP contribution is 2.32. The molecule has 7 nitrogen and oxygen atoms in total. The van der Waals surface area contributed by atoms with Gasteiger partial charge in [-0.1, -0.05) is 0 Å². The fourth-order valence-corrected chi connectivity index (χ4v) is 3.32. The van der Waals surface area contributed by atoms with Gasteiger partial charge < -0.3 is 4.90 Å². The summed E-state index contributed by atoms with van der Waals surface area (Å²) in [5.74, 6) is 1.31. The molecule has 0 spiro atoms. The van der Waals surface area contributed by atoms with Gasteiger partial charge in [0.05, 0.1) is 18.3 Å². The molecule has 0 bridgehead atoms. The molecule has 0 amide bonds. The average Bonchev–Trinajstić information content (AvgIpc) is 3.10. The van der Waals surface area contributed by atoms with Gasteiger partial charge in [0.2, 0.25) is 0 Å². The van der Waals surface area contributed by atoms with Gasteiger partial charge in [-0.25, -0.2) is 19.5 Å². The molecule has 1 aromatic heterocycles. The van der Waals surface area contributed by atoms with Crippen molar-refractivity contribution in [1.29, 1.82) is 5.26 Å². The van der Waals surface area contributed by atoms with E-state index in [1.54, 1.807) is 6.92 Å². The molecule has 2 aliphatic heterocycles. The van der Waals surface area contributed by atoms with E-state index in [1.807, 2.05) is 12.1 Å². The SMILES string of the molecule is [C-]#[N+]C1=C(C#N)c2nc(C)nn2C1=Nc1ccc2c(c1)CCCN2C. The van der Waals surface area contributed by atoms with E-state index in [1.165, 1.54) is 15.9 Å². The van der Waals surface area contributed by atoms with Crippen molar-refractivity contribution in [3.8, 4) is 6.07 Å². The molecule has 122 valence electrons. The summed E-state index contributed by atoms with van der Waals surface area (Å²) in [6.07, 6.45) is 2.13. The molecule has 0 fully saturated rings. The van der Waals surface area contributed by atoms with E-state index in [2.05, 4.69) is 44.0 Å². The first kappa shape index (κ1) is 15.1. The van der Waals surface area contributed by atoms with Gasteiger partial charge in [-0.2, -0.15) is 10.4 Å². The Kier molecular flexibility index (Phi) is 3.36. The van der Waals surface area contributed by atoms with Crippen LogP contribution in [-0.4, -0.2) is 34.2 Å². The fourth-order valence-electron chi connectivity index (χ4n) is 3.32. The highest BCUT2D eigenvalue weighted by molar-refractivity contribution is 6.15. The minimum Gasteiger partial charge on any atom is -0.374 e. The van der Waals surface area contributed by atoms with Crippen molar-refractivity contribution < 1.29 is 0 Å². The molecular formula is C18H15N7. The maximum absolute atomic E-state index is 9.40. The Labute approximate surface area is 145 Å². The number of hydrogen-bond donors (Lipinski definition) is 0. The number of rotatable bonds is 1. The lowest BCUT2D eigenvalue weighted by molar-refractivity contribution is 0.744. The maximum Gasteiger partial charge on any atom is 0.251 e. The number of nitriles is 1. The Morgan fingerprint density at radius 2 is 2.24 bits per heavy atom. The number of benzene rings is 1. The maximum atomic E-state index is 9.40. The van der Waals surface area contributed by atoms with Crippen LogP contribution >= 0.6 is 0 Å². The quantitative estimate of drug-likeness (QED) is 0.754. The number of anilines is 1. The van der Waals surface area contributed by atoms with Gasteiger partial charge in [0.1, 0.15) is 11.4 Å². The molecule has 2 aromatic rings. The first-order valence-electron chi connectivity index (χ1n) is 8.01. The molecule has 0 radical (unpaired) electrons. The van der Waals surface area contributed by atoms with Crippen LogP contribution in [0, 0.1) is 24.8 Å². The van der Waals surface area contributed by atoms with Crippen LogP contribution in [0.5, 0.6) is 0 Å². The Balaban J connectivity index is 1.85. The second kappa shape index (κ2) is 5.57. The first-order valence-corrected chi connectivity index (χ1v) is 8.01. The second-order valence-corrected chi connectivity index (χ2v) is 6.12. The van der Waals surface area contributed by atoms with Crippen LogP contribution in [0.25, 0.3) is 10.4 Å². The lowest BCUT2D eigenvalue weighted by Gasteiger charge is -2.27. The minimum absolute atomic E-state index is 0.201. The minimum atomic E-state index is 0.201. The summed E-state index contributed by atoms with van der Waals surface area (Å²) in [7, 11) is 2.09. The van der Waals surface area contributed by atoms with Crippen LogP contribution in [0.1, 0.15) is 23.6 Å². The predicted molar refractivity (Wildman–Crippen MR) is 94.4 cm³/mol. The number of fused-ring (bicyclic) bond motifs is 2. The van der Waals surface area contributed by atoms with Crippen LogP contribution in [0.15, 0.2) is 28.9 Å². The molecule has 0 saturated carbocycles. The van der Waals surface area contributed by atoms with Crippen LogP contribution < -0.4 is 4.90 Å². The zero-order valence-electron chi connectivity index (χ0n) is 14.0. The van der Waals surface area contributed by atoms with Crippen molar-refractivity contribution in [1.82, 2.24) is 14.8 Å². The molecule has 7 heteroatoms. The molecule has 4 rings (SSSR count). The monoisotopic (exact) mass is 329 g/mol. The molecule has 0 N–H and O–H groups in total. The molecule has 3 heterocycles. The highest BCUT2D eigenvalue weighted by Gasteiger charge is 2.31. The van der Waals surface area contributed by atoms with E-state index in [9.17, 15) is 5.26 Å². The Hall–Kier alpha value is -3.45. The van der Waals surface area contributed by atoms with Crippen LogP contribution in [0.4, 0.5) is 11.4 Å². The highest BCUT2D eigenvalue weighted by atomic mass is 15.4. The summed E-state index contributed by atoms with van der Waals surface area (Å²) < 4.78 is 1.49. The number of aromatic nitrogens is 3. The van der Waals surface area contributed by atoms with Gasteiger partial charge in [-0.15, -0.1) is 0 Å². The van der Waals surface area contributed by atoms with Crippen molar-refractivity contribution in [3.63, 3.8) is 0 Å². The van der Waals surface area contributed by atoms with Crippen LogP contribution in [0.3, 0.4) is 0 Å². The van der Waals surface area contributed by atoms with E-state index in [4.69, 9.17) is 6.57 Å². The normalized spacial score (nSPS) is 17.3. The zero-order chi connectivity index (χ0) is 17.6. The summed E-state index contributed by atoms with van der Waals surface area (Å²) in [5.41, 5.74) is 3.65.